The summed E-state index contributed by atoms with van der Waals surface area (Å²) in [6, 6.07) is 6.94. The van der Waals surface area contributed by atoms with Crippen LogP contribution < -0.4 is 0 Å². The van der Waals surface area contributed by atoms with Gasteiger partial charge in [0.1, 0.15) is 17.4 Å². The van der Waals surface area contributed by atoms with Gasteiger partial charge < -0.3 is 0 Å². The van der Waals surface area contributed by atoms with Gasteiger partial charge in [-0.3, -0.25) is 0 Å². The van der Waals surface area contributed by atoms with Crippen molar-refractivity contribution < 1.29 is 22.0 Å². The van der Waals surface area contributed by atoms with Crippen molar-refractivity contribution in [1.29, 1.82) is 10.5 Å². The van der Waals surface area contributed by atoms with Crippen LogP contribution in [0.2, 0.25) is 0 Å². The zero-order valence-corrected chi connectivity index (χ0v) is 10.7. The van der Waals surface area contributed by atoms with Crippen LogP contribution >= 0.6 is 0 Å². The fourth-order valence-corrected chi connectivity index (χ4v) is 1.95. The lowest BCUT2D eigenvalue weighted by molar-refractivity contribution is -0.137. The Labute approximate surface area is 121 Å². The first-order valence-corrected chi connectivity index (χ1v) is 5.79. The molecule has 0 N–H and O–H groups in total. The van der Waals surface area contributed by atoms with Gasteiger partial charge in [0.25, 0.3) is 0 Å². The Hall–Kier alpha value is -2.93. The summed E-state index contributed by atoms with van der Waals surface area (Å²) in [6.07, 6.45) is -4.84. The first-order chi connectivity index (χ1) is 10.3. The van der Waals surface area contributed by atoms with E-state index in [1.165, 1.54) is 6.07 Å². The Bertz CT molecular complexity index is 826. The Morgan fingerprint density at radius 2 is 1.50 bits per heavy atom. The van der Waals surface area contributed by atoms with Crippen LogP contribution in [0.5, 0.6) is 0 Å². The molecule has 0 atom stereocenters. The van der Waals surface area contributed by atoms with Crippen molar-refractivity contribution in [2.45, 2.75) is 6.18 Å². The van der Waals surface area contributed by atoms with Gasteiger partial charge in [-0.2, -0.15) is 23.7 Å². The molecule has 110 valence electrons. The quantitative estimate of drug-likeness (QED) is 0.733. The molecule has 0 radical (unpaired) electrons. The molecule has 0 spiro atoms. The molecule has 0 saturated heterocycles. The molecule has 2 nitrogen and oxygen atoms in total. The molecule has 2 rings (SSSR count). The van der Waals surface area contributed by atoms with E-state index in [-0.39, 0.29) is 5.56 Å². The molecule has 0 unspecified atom stereocenters. The molecule has 0 aliphatic heterocycles. The highest BCUT2D eigenvalue weighted by Crippen LogP contribution is 2.39. The van der Waals surface area contributed by atoms with Gasteiger partial charge >= 0.3 is 6.18 Å². The molecule has 0 bridgehead atoms. The lowest BCUT2D eigenvalue weighted by Gasteiger charge is -2.14. The second-order valence-corrected chi connectivity index (χ2v) is 4.27. The number of benzene rings is 2. The summed E-state index contributed by atoms with van der Waals surface area (Å²) in [5.41, 5.74) is -3.58. The molecule has 0 fully saturated rings. The number of hydrogen-bond donors (Lipinski definition) is 0. The van der Waals surface area contributed by atoms with E-state index in [1.54, 1.807) is 6.07 Å². The van der Waals surface area contributed by atoms with Gasteiger partial charge in [-0.05, 0) is 29.8 Å². The Morgan fingerprint density at radius 1 is 0.864 bits per heavy atom. The summed E-state index contributed by atoms with van der Waals surface area (Å²) >= 11 is 0. The minimum atomic E-state index is -4.84. The third kappa shape index (κ3) is 2.61. The summed E-state index contributed by atoms with van der Waals surface area (Å²) in [5, 5.41) is 17.4. The summed E-state index contributed by atoms with van der Waals surface area (Å²) in [7, 11) is 0. The summed E-state index contributed by atoms with van der Waals surface area (Å²) < 4.78 is 66.6. The highest BCUT2D eigenvalue weighted by Gasteiger charge is 2.35. The summed E-state index contributed by atoms with van der Waals surface area (Å²) in [5.74, 6) is -2.54. The number of rotatable bonds is 1. The van der Waals surface area contributed by atoms with Crippen LogP contribution in [-0.2, 0) is 6.18 Å². The van der Waals surface area contributed by atoms with E-state index in [0.29, 0.717) is 6.07 Å². The number of halogens is 5. The van der Waals surface area contributed by atoms with Gasteiger partial charge in [0, 0.05) is 5.56 Å². The topological polar surface area (TPSA) is 47.6 Å². The SMILES string of the molecule is N#Cc1ccc(-c2ccc(F)c(C#N)c2F)c(C(F)(F)F)c1. The molecule has 7 heteroatoms. The lowest BCUT2D eigenvalue weighted by atomic mass is 9.95. The number of nitriles is 2. The van der Waals surface area contributed by atoms with Gasteiger partial charge in [0.2, 0.25) is 0 Å². The highest BCUT2D eigenvalue weighted by molar-refractivity contribution is 5.71. The van der Waals surface area contributed by atoms with Crippen LogP contribution in [0.15, 0.2) is 30.3 Å². The molecular weight excluding hydrogens is 303 g/mol. The number of hydrogen-bond acceptors (Lipinski definition) is 2. The second-order valence-electron chi connectivity index (χ2n) is 4.27. The fraction of sp³-hybridized carbons (Fsp3) is 0.0667. The van der Waals surface area contributed by atoms with E-state index < -0.39 is 40.1 Å². The highest BCUT2D eigenvalue weighted by atomic mass is 19.4. The monoisotopic (exact) mass is 308 g/mol. The van der Waals surface area contributed by atoms with Crippen molar-refractivity contribution in [3.63, 3.8) is 0 Å². The third-order valence-corrected chi connectivity index (χ3v) is 2.95. The van der Waals surface area contributed by atoms with E-state index in [9.17, 15) is 22.0 Å². The molecule has 0 heterocycles. The van der Waals surface area contributed by atoms with Gasteiger partial charge in [0.15, 0.2) is 5.82 Å². The van der Waals surface area contributed by atoms with Crippen molar-refractivity contribution in [2.24, 2.45) is 0 Å². The molecule has 22 heavy (non-hydrogen) atoms. The molecule has 0 saturated carbocycles. The van der Waals surface area contributed by atoms with Crippen LogP contribution in [0, 0.1) is 34.3 Å². The van der Waals surface area contributed by atoms with Crippen molar-refractivity contribution >= 4 is 0 Å². The maximum Gasteiger partial charge on any atom is 0.417 e. The van der Waals surface area contributed by atoms with Gasteiger partial charge in [-0.25, -0.2) is 8.78 Å². The standard InChI is InChI=1S/C15H5F5N2/c16-13-4-3-10(14(17)11(13)7-22)9-2-1-8(6-21)5-12(9)15(18,19)20/h1-5H. The smallest absolute Gasteiger partial charge is 0.205 e. The molecule has 0 aromatic heterocycles. The van der Waals surface area contributed by atoms with E-state index in [4.69, 9.17) is 10.5 Å². The fourth-order valence-electron chi connectivity index (χ4n) is 1.95. The summed E-state index contributed by atoms with van der Waals surface area (Å²) in [4.78, 5) is 0. The maximum atomic E-state index is 14.1. The van der Waals surface area contributed by atoms with E-state index in [2.05, 4.69) is 0 Å². The van der Waals surface area contributed by atoms with Crippen LogP contribution in [0.25, 0.3) is 11.1 Å². The van der Waals surface area contributed by atoms with E-state index >= 15 is 0 Å². The average Bonchev–Trinajstić information content (AvgIpc) is 2.46. The Morgan fingerprint density at radius 3 is 2.05 bits per heavy atom. The van der Waals surface area contributed by atoms with Gasteiger partial charge in [0.05, 0.1) is 17.2 Å². The maximum absolute atomic E-state index is 14.1. The minimum Gasteiger partial charge on any atom is -0.205 e. The Balaban J connectivity index is 2.80. The van der Waals surface area contributed by atoms with Gasteiger partial charge in [-0.15, -0.1) is 0 Å². The van der Waals surface area contributed by atoms with Crippen LogP contribution in [0.4, 0.5) is 22.0 Å². The van der Waals surface area contributed by atoms with Crippen molar-refractivity contribution in [3.8, 4) is 23.3 Å². The number of alkyl halides is 3. The molecular formula is C15H5F5N2. The molecule has 2 aromatic rings. The van der Waals surface area contributed by atoms with Crippen LogP contribution in [0.1, 0.15) is 16.7 Å². The average molecular weight is 308 g/mol. The first-order valence-electron chi connectivity index (χ1n) is 5.79. The van der Waals surface area contributed by atoms with Crippen molar-refractivity contribution in [3.05, 3.63) is 58.7 Å². The second kappa shape index (κ2) is 5.45. The van der Waals surface area contributed by atoms with Crippen LogP contribution in [0.3, 0.4) is 0 Å². The molecule has 0 aliphatic rings. The van der Waals surface area contributed by atoms with E-state index in [1.807, 2.05) is 0 Å². The largest absolute Gasteiger partial charge is 0.417 e. The zero-order valence-electron chi connectivity index (χ0n) is 10.7. The Kier molecular flexibility index (Phi) is 3.83. The molecule has 0 aliphatic carbocycles. The predicted molar refractivity (Wildman–Crippen MR) is 66.2 cm³/mol. The molecule has 2 aromatic carbocycles. The number of nitrogens with zero attached hydrogens (tertiary/aromatic N) is 2. The molecule has 0 amide bonds. The minimum absolute atomic E-state index is 0.251. The van der Waals surface area contributed by atoms with E-state index in [0.717, 1.165) is 24.3 Å². The van der Waals surface area contributed by atoms with Crippen molar-refractivity contribution in [2.75, 3.05) is 0 Å². The predicted octanol–water partition coefficient (Wildman–Crippen LogP) is 4.39. The third-order valence-electron chi connectivity index (χ3n) is 2.95. The van der Waals surface area contributed by atoms with Crippen LogP contribution in [-0.4, -0.2) is 0 Å². The summed E-state index contributed by atoms with van der Waals surface area (Å²) in [6.45, 7) is 0. The van der Waals surface area contributed by atoms with Crippen molar-refractivity contribution in [1.82, 2.24) is 0 Å². The van der Waals surface area contributed by atoms with Gasteiger partial charge in [-0.1, -0.05) is 6.07 Å². The zero-order chi connectivity index (χ0) is 16.5. The lowest BCUT2D eigenvalue weighted by Crippen LogP contribution is -2.08. The normalized spacial score (nSPS) is 10.9. The first kappa shape index (κ1) is 15.5.